The van der Waals surface area contributed by atoms with Crippen LogP contribution in [0, 0.1) is 6.92 Å². The number of methoxy groups -OCH3 is 1. The number of carbonyl (C=O) groups is 2. The fourth-order valence-electron chi connectivity index (χ4n) is 3.10. The van der Waals surface area contributed by atoms with Crippen LogP contribution in [0.25, 0.3) is 0 Å². The molecule has 1 aliphatic heterocycles. The van der Waals surface area contributed by atoms with E-state index in [4.69, 9.17) is 25.8 Å². The Morgan fingerprint density at radius 3 is 2.45 bits per heavy atom. The van der Waals surface area contributed by atoms with E-state index >= 15 is 0 Å². The molecule has 12 heteroatoms. The molecular weight excluding hydrogens is 474 g/mol. The lowest BCUT2D eigenvalue weighted by molar-refractivity contribution is -0.123. The Bertz CT molecular complexity index is 1130. The minimum atomic E-state index is -3.91. The molecule has 0 saturated carbocycles. The molecule has 0 spiro atoms. The van der Waals surface area contributed by atoms with Crippen molar-refractivity contribution in [2.24, 2.45) is 0 Å². The molecule has 2 aromatic rings. The first-order valence-electron chi connectivity index (χ1n) is 9.96. The largest absolute Gasteiger partial charge is 0.495 e. The van der Waals surface area contributed by atoms with Crippen LogP contribution >= 0.6 is 11.6 Å². The molecule has 2 aromatic carbocycles. The monoisotopic (exact) mass is 497 g/mol. The summed E-state index contributed by atoms with van der Waals surface area (Å²) in [6, 6.07) is 8.96. The van der Waals surface area contributed by atoms with Gasteiger partial charge in [0.15, 0.2) is 6.61 Å². The normalized spacial score (nSPS) is 14.4. The molecule has 0 aromatic heterocycles. The quantitative estimate of drug-likeness (QED) is 0.556. The Hall–Kier alpha value is -2.86. The smallest absolute Gasteiger partial charge is 0.276 e. The molecule has 0 unspecified atom stereocenters. The van der Waals surface area contributed by atoms with Crippen molar-refractivity contribution in [1.82, 2.24) is 15.2 Å². The Balaban J connectivity index is 1.64. The van der Waals surface area contributed by atoms with Crippen molar-refractivity contribution in [2.45, 2.75) is 11.8 Å². The van der Waals surface area contributed by atoms with E-state index in [0.717, 1.165) is 5.56 Å². The van der Waals surface area contributed by atoms with Crippen LogP contribution in [0.3, 0.4) is 0 Å². The number of ether oxygens (including phenoxy) is 3. The lowest BCUT2D eigenvalue weighted by Gasteiger charge is -2.26. The highest BCUT2D eigenvalue weighted by molar-refractivity contribution is 7.89. The molecule has 3 rings (SSSR count). The number of halogens is 1. The fraction of sp³-hybridized carbons (Fsp3) is 0.333. The number of hydrogen-bond acceptors (Lipinski definition) is 7. The Morgan fingerprint density at radius 2 is 1.79 bits per heavy atom. The van der Waals surface area contributed by atoms with E-state index in [2.05, 4.69) is 10.9 Å². The van der Waals surface area contributed by atoms with Gasteiger partial charge >= 0.3 is 0 Å². The van der Waals surface area contributed by atoms with Gasteiger partial charge < -0.3 is 14.2 Å². The molecule has 1 saturated heterocycles. The van der Waals surface area contributed by atoms with Crippen LogP contribution in [0.4, 0.5) is 0 Å². The van der Waals surface area contributed by atoms with Crippen molar-refractivity contribution >= 4 is 33.4 Å². The van der Waals surface area contributed by atoms with Gasteiger partial charge in [-0.3, -0.25) is 20.4 Å². The summed E-state index contributed by atoms with van der Waals surface area (Å²) in [4.78, 5) is 24.4. The number of benzene rings is 2. The second-order valence-corrected chi connectivity index (χ2v) is 9.43. The van der Waals surface area contributed by atoms with Crippen molar-refractivity contribution in [1.29, 1.82) is 0 Å². The molecule has 2 amide bonds. The van der Waals surface area contributed by atoms with E-state index in [1.54, 1.807) is 25.1 Å². The Kier molecular flexibility index (Phi) is 8.14. The Morgan fingerprint density at radius 1 is 1.09 bits per heavy atom. The summed E-state index contributed by atoms with van der Waals surface area (Å²) in [5.41, 5.74) is 5.26. The number of amides is 2. The van der Waals surface area contributed by atoms with Gasteiger partial charge in [0.2, 0.25) is 10.0 Å². The third kappa shape index (κ3) is 6.14. The van der Waals surface area contributed by atoms with Gasteiger partial charge in [-0.05, 0) is 48.9 Å². The van der Waals surface area contributed by atoms with Crippen LogP contribution in [0.5, 0.6) is 11.5 Å². The number of nitrogens with zero attached hydrogens (tertiary/aromatic N) is 1. The van der Waals surface area contributed by atoms with Crippen LogP contribution in [0.15, 0.2) is 41.3 Å². The van der Waals surface area contributed by atoms with Gasteiger partial charge in [0.25, 0.3) is 11.8 Å². The maximum absolute atomic E-state index is 13.0. The van der Waals surface area contributed by atoms with Gasteiger partial charge in [-0.1, -0.05) is 11.6 Å². The molecule has 0 bridgehead atoms. The number of carbonyl (C=O) groups excluding carboxylic acids is 2. The topological polar surface area (TPSA) is 123 Å². The van der Waals surface area contributed by atoms with E-state index < -0.39 is 21.8 Å². The zero-order chi connectivity index (χ0) is 24.0. The molecule has 0 atom stereocenters. The summed E-state index contributed by atoms with van der Waals surface area (Å²) in [6.07, 6.45) is 0. The van der Waals surface area contributed by atoms with Crippen molar-refractivity contribution in [3.05, 3.63) is 52.5 Å². The van der Waals surface area contributed by atoms with Gasteiger partial charge in [-0.25, -0.2) is 8.42 Å². The minimum absolute atomic E-state index is 0.0254. The zero-order valence-electron chi connectivity index (χ0n) is 18.1. The Labute approximate surface area is 196 Å². The summed E-state index contributed by atoms with van der Waals surface area (Å²) >= 11 is 5.89. The van der Waals surface area contributed by atoms with Crippen molar-refractivity contribution < 1.29 is 32.2 Å². The summed E-state index contributed by atoms with van der Waals surface area (Å²) < 4.78 is 43.2. The summed E-state index contributed by atoms with van der Waals surface area (Å²) in [6.45, 7) is 2.40. The molecule has 1 fully saturated rings. The lowest BCUT2D eigenvalue weighted by atomic mass is 10.2. The van der Waals surface area contributed by atoms with Crippen molar-refractivity contribution in [3.63, 3.8) is 0 Å². The van der Waals surface area contributed by atoms with Crippen molar-refractivity contribution in [2.75, 3.05) is 40.0 Å². The molecule has 178 valence electrons. The molecule has 1 heterocycles. The van der Waals surface area contributed by atoms with E-state index in [1.807, 2.05) is 0 Å². The lowest BCUT2D eigenvalue weighted by Crippen LogP contribution is -2.44. The van der Waals surface area contributed by atoms with Gasteiger partial charge in [0, 0.05) is 23.7 Å². The summed E-state index contributed by atoms with van der Waals surface area (Å²) in [5, 5.41) is 0.547. The molecule has 10 nitrogen and oxygen atoms in total. The van der Waals surface area contributed by atoms with Crippen LogP contribution in [-0.4, -0.2) is 64.6 Å². The molecule has 1 aliphatic rings. The molecular formula is C21H24ClN3O7S. The maximum atomic E-state index is 13.0. The third-order valence-corrected chi connectivity index (χ3v) is 6.98. The maximum Gasteiger partial charge on any atom is 0.276 e. The second kappa shape index (κ2) is 10.8. The van der Waals surface area contributed by atoms with Gasteiger partial charge in [0.05, 0.1) is 20.3 Å². The predicted molar refractivity (Wildman–Crippen MR) is 120 cm³/mol. The van der Waals surface area contributed by atoms with Gasteiger partial charge in [-0.2, -0.15) is 4.31 Å². The van der Waals surface area contributed by atoms with E-state index in [1.165, 1.54) is 29.6 Å². The number of hydrogen-bond donors (Lipinski definition) is 2. The fourth-order valence-corrected chi connectivity index (χ4v) is 4.91. The molecule has 2 N–H and O–H groups in total. The van der Waals surface area contributed by atoms with Crippen LogP contribution in [0.2, 0.25) is 5.02 Å². The van der Waals surface area contributed by atoms with E-state index in [0.29, 0.717) is 10.8 Å². The number of aryl methyl sites for hydroxylation is 1. The average molecular weight is 498 g/mol. The number of hydrazine groups is 1. The van der Waals surface area contributed by atoms with Gasteiger partial charge in [-0.15, -0.1) is 0 Å². The first kappa shape index (κ1) is 24.8. The highest BCUT2D eigenvalue weighted by Gasteiger charge is 2.30. The minimum Gasteiger partial charge on any atom is -0.495 e. The zero-order valence-corrected chi connectivity index (χ0v) is 19.7. The molecule has 0 radical (unpaired) electrons. The van der Waals surface area contributed by atoms with Gasteiger partial charge in [0.1, 0.15) is 16.4 Å². The number of morpholine rings is 1. The standard InChI is InChI=1S/C21H24ClN3O7S/c1-14-11-16(22)4-6-17(14)32-13-20(26)23-24-21(27)15-3-5-18(30-2)19(12-15)33(28,29)25-7-9-31-10-8-25/h3-6,11-12H,7-10,13H2,1-2H3,(H,23,26)(H,24,27). The first-order valence-corrected chi connectivity index (χ1v) is 11.8. The van der Waals surface area contributed by atoms with Crippen molar-refractivity contribution in [3.8, 4) is 11.5 Å². The number of rotatable bonds is 7. The highest BCUT2D eigenvalue weighted by atomic mass is 35.5. The third-order valence-electron chi connectivity index (χ3n) is 4.82. The molecule has 0 aliphatic carbocycles. The highest BCUT2D eigenvalue weighted by Crippen LogP contribution is 2.28. The van der Waals surface area contributed by atoms with Crippen LogP contribution < -0.4 is 20.3 Å². The number of sulfonamides is 1. The number of nitrogens with one attached hydrogen (secondary N) is 2. The summed E-state index contributed by atoms with van der Waals surface area (Å²) in [7, 11) is -2.56. The first-order chi connectivity index (χ1) is 15.7. The van der Waals surface area contributed by atoms with E-state index in [-0.39, 0.29) is 49.1 Å². The predicted octanol–water partition coefficient (Wildman–Crippen LogP) is 1.52. The summed E-state index contributed by atoms with van der Waals surface area (Å²) in [5.74, 6) is -0.720. The van der Waals surface area contributed by atoms with Crippen LogP contribution in [0.1, 0.15) is 15.9 Å². The second-order valence-electron chi connectivity index (χ2n) is 7.08. The van der Waals surface area contributed by atoms with Crippen LogP contribution in [-0.2, 0) is 19.6 Å². The SMILES string of the molecule is COc1ccc(C(=O)NNC(=O)COc2ccc(Cl)cc2C)cc1S(=O)(=O)N1CCOCC1. The average Bonchev–Trinajstić information content (AvgIpc) is 2.82. The molecule has 33 heavy (non-hydrogen) atoms. The van der Waals surface area contributed by atoms with E-state index in [9.17, 15) is 18.0 Å².